The summed E-state index contributed by atoms with van der Waals surface area (Å²) >= 11 is 0. The summed E-state index contributed by atoms with van der Waals surface area (Å²) in [4.78, 5) is 7.84. The minimum Gasteiger partial charge on any atom is -0.424 e. The molecule has 0 radical (unpaired) electrons. The third kappa shape index (κ3) is 2.77. The van der Waals surface area contributed by atoms with Crippen molar-refractivity contribution in [1.82, 2.24) is 9.97 Å². The molecule has 5 nitrogen and oxygen atoms in total. The minimum atomic E-state index is 0.151. The Morgan fingerprint density at radius 1 is 1.35 bits per heavy atom. The predicted octanol–water partition coefficient (Wildman–Crippen LogP) is 1.60. The largest absolute Gasteiger partial charge is 0.424 e. The molecule has 0 atom stereocenters. The second-order valence-corrected chi connectivity index (χ2v) is 3.29. The summed E-state index contributed by atoms with van der Waals surface area (Å²) in [5.74, 6) is 0.600. The van der Waals surface area contributed by atoms with Crippen molar-refractivity contribution in [2.24, 2.45) is 5.73 Å². The van der Waals surface area contributed by atoms with Crippen LogP contribution < -0.4 is 10.5 Å². The summed E-state index contributed by atoms with van der Waals surface area (Å²) in [6, 6.07) is 10.9. The summed E-state index contributed by atoms with van der Waals surface area (Å²) in [5.41, 5.74) is 6.75. The van der Waals surface area contributed by atoms with E-state index in [2.05, 4.69) is 9.97 Å². The van der Waals surface area contributed by atoms with Crippen molar-refractivity contribution in [3.63, 3.8) is 0 Å². The van der Waals surface area contributed by atoms with Crippen molar-refractivity contribution in [2.75, 3.05) is 0 Å². The highest BCUT2D eigenvalue weighted by Crippen LogP contribution is 2.18. The van der Waals surface area contributed by atoms with E-state index in [0.717, 1.165) is 5.56 Å². The van der Waals surface area contributed by atoms with Crippen molar-refractivity contribution >= 4 is 0 Å². The van der Waals surface area contributed by atoms with E-state index in [4.69, 9.17) is 15.7 Å². The van der Waals surface area contributed by atoms with Crippen LogP contribution in [0, 0.1) is 11.3 Å². The Kier molecular flexibility index (Phi) is 3.28. The summed E-state index contributed by atoms with van der Waals surface area (Å²) in [7, 11) is 0. The Balaban J connectivity index is 2.22. The van der Waals surface area contributed by atoms with Gasteiger partial charge < -0.3 is 10.5 Å². The van der Waals surface area contributed by atoms with E-state index >= 15 is 0 Å². The molecule has 0 spiro atoms. The first kappa shape index (κ1) is 11.0. The molecule has 0 fully saturated rings. The molecule has 0 aliphatic heterocycles. The highest BCUT2D eigenvalue weighted by Gasteiger charge is 2.02. The zero-order valence-electron chi connectivity index (χ0n) is 9.00. The van der Waals surface area contributed by atoms with E-state index in [9.17, 15) is 0 Å². The van der Waals surface area contributed by atoms with Crippen LogP contribution in [0.1, 0.15) is 11.3 Å². The van der Waals surface area contributed by atoms with E-state index < -0.39 is 0 Å². The van der Waals surface area contributed by atoms with Gasteiger partial charge >= 0.3 is 6.01 Å². The van der Waals surface area contributed by atoms with E-state index in [1.165, 1.54) is 12.3 Å². The van der Waals surface area contributed by atoms with Crippen LogP contribution in [0.15, 0.2) is 36.5 Å². The van der Waals surface area contributed by atoms with Crippen LogP contribution >= 0.6 is 0 Å². The first-order chi connectivity index (χ1) is 8.31. The van der Waals surface area contributed by atoms with Crippen LogP contribution in [0.2, 0.25) is 0 Å². The molecule has 2 N–H and O–H groups in total. The first-order valence-electron chi connectivity index (χ1n) is 5.02. The van der Waals surface area contributed by atoms with Gasteiger partial charge in [-0.1, -0.05) is 12.1 Å². The lowest BCUT2D eigenvalue weighted by Gasteiger charge is -2.04. The predicted molar refractivity (Wildman–Crippen MR) is 61.2 cm³/mol. The number of benzene rings is 1. The number of rotatable bonds is 3. The molecule has 0 aliphatic carbocycles. The summed E-state index contributed by atoms with van der Waals surface area (Å²) < 4.78 is 5.43. The monoisotopic (exact) mass is 226 g/mol. The van der Waals surface area contributed by atoms with Crippen LogP contribution in [0.5, 0.6) is 11.8 Å². The van der Waals surface area contributed by atoms with Gasteiger partial charge in [-0.05, 0) is 23.8 Å². The summed E-state index contributed by atoms with van der Waals surface area (Å²) in [5, 5.41) is 8.70. The van der Waals surface area contributed by atoms with Gasteiger partial charge in [0, 0.05) is 12.7 Å². The molecule has 0 saturated heterocycles. The SMILES string of the molecule is N#Cc1ccnc(Oc2cccc(CN)c2)n1. The Morgan fingerprint density at radius 3 is 3.00 bits per heavy atom. The number of nitrogens with zero attached hydrogens (tertiary/aromatic N) is 3. The van der Waals surface area contributed by atoms with Gasteiger partial charge in [0.05, 0.1) is 0 Å². The van der Waals surface area contributed by atoms with Crippen LogP contribution in [-0.4, -0.2) is 9.97 Å². The third-order valence-electron chi connectivity index (χ3n) is 2.09. The maximum atomic E-state index is 8.70. The molecule has 0 bridgehead atoms. The molecule has 0 aliphatic rings. The fourth-order valence-electron chi connectivity index (χ4n) is 1.29. The second-order valence-electron chi connectivity index (χ2n) is 3.29. The fourth-order valence-corrected chi connectivity index (χ4v) is 1.29. The van der Waals surface area contributed by atoms with Gasteiger partial charge in [0.1, 0.15) is 17.5 Å². The molecule has 0 saturated carbocycles. The van der Waals surface area contributed by atoms with Crippen molar-refractivity contribution in [3.8, 4) is 17.8 Å². The molecule has 5 heteroatoms. The lowest BCUT2D eigenvalue weighted by Crippen LogP contribution is -1.97. The molecule has 0 amide bonds. The van der Waals surface area contributed by atoms with Gasteiger partial charge in [-0.25, -0.2) is 4.98 Å². The van der Waals surface area contributed by atoms with Crippen LogP contribution in [0.3, 0.4) is 0 Å². The van der Waals surface area contributed by atoms with Crippen LogP contribution in [0.25, 0.3) is 0 Å². The molecular formula is C12H10N4O. The maximum absolute atomic E-state index is 8.70. The molecule has 2 rings (SSSR count). The Morgan fingerprint density at radius 2 is 2.24 bits per heavy atom. The van der Waals surface area contributed by atoms with E-state index in [0.29, 0.717) is 12.3 Å². The van der Waals surface area contributed by atoms with Gasteiger partial charge in [-0.15, -0.1) is 0 Å². The van der Waals surface area contributed by atoms with Gasteiger partial charge in [0.25, 0.3) is 0 Å². The minimum absolute atomic E-state index is 0.151. The molecular weight excluding hydrogens is 216 g/mol. The average molecular weight is 226 g/mol. The topological polar surface area (TPSA) is 84.8 Å². The second kappa shape index (κ2) is 5.05. The van der Waals surface area contributed by atoms with E-state index in [-0.39, 0.29) is 11.7 Å². The number of nitrogens with two attached hydrogens (primary N) is 1. The molecule has 1 aromatic carbocycles. The third-order valence-corrected chi connectivity index (χ3v) is 2.09. The first-order valence-corrected chi connectivity index (χ1v) is 5.02. The zero-order valence-corrected chi connectivity index (χ0v) is 9.00. The number of hydrogen-bond donors (Lipinski definition) is 1. The number of hydrogen-bond acceptors (Lipinski definition) is 5. The standard InChI is InChI=1S/C12H10N4O/c13-7-9-2-1-3-11(6-9)17-12-15-5-4-10(8-14)16-12/h1-6H,7,13H2. The van der Waals surface area contributed by atoms with Gasteiger partial charge in [-0.2, -0.15) is 10.2 Å². The van der Waals surface area contributed by atoms with Crippen molar-refractivity contribution < 1.29 is 4.74 Å². The highest BCUT2D eigenvalue weighted by atomic mass is 16.5. The van der Waals surface area contributed by atoms with Gasteiger partial charge in [0.15, 0.2) is 0 Å². The maximum Gasteiger partial charge on any atom is 0.323 e. The number of aromatic nitrogens is 2. The Hall–Kier alpha value is -2.45. The van der Waals surface area contributed by atoms with Crippen molar-refractivity contribution in [1.29, 1.82) is 5.26 Å². The molecule has 17 heavy (non-hydrogen) atoms. The molecule has 84 valence electrons. The molecule has 0 unspecified atom stereocenters. The van der Waals surface area contributed by atoms with Crippen LogP contribution in [0.4, 0.5) is 0 Å². The summed E-state index contributed by atoms with van der Waals surface area (Å²) in [6.45, 7) is 0.441. The number of nitriles is 1. The summed E-state index contributed by atoms with van der Waals surface area (Å²) in [6.07, 6.45) is 1.48. The molecule has 2 aromatic rings. The number of ether oxygens (including phenoxy) is 1. The van der Waals surface area contributed by atoms with E-state index in [1.807, 2.05) is 24.3 Å². The lowest BCUT2D eigenvalue weighted by molar-refractivity contribution is 0.440. The zero-order chi connectivity index (χ0) is 12.1. The Labute approximate surface area is 98.5 Å². The average Bonchev–Trinajstić information content (AvgIpc) is 2.39. The highest BCUT2D eigenvalue weighted by molar-refractivity contribution is 5.30. The quantitative estimate of drug-likeness (QED) is 0.859. The van der Waals surface area contributed by atoms with Gasteiger partial charge in [-0.3, -0.25) is 0 Å². The normalized spacial score (nSPS) is 9.65. The van der Waals surface area contributed by atoms with Gasteiger partial charge in [0.2, 0.25) is 0 Å². The van der Waals surface area contributed by atoms with Crippen molar-refractivity contribution in [2.45, 2.75) is 6.54 Å². The van der Waals surface area contributed by atoms with E-state index in [1.54, 1.807) is 6.07 Å². The van der Waals surface area contributed by atoms with Crippen LogP contribution in [-0.2, 0) is 6.54 Å². The smallest absolute Gasteiger partial charge is 0.323 e. The lowest BCUT2D eigenvalue weighted by atomic mass is 10.2. The fraction of sp³-hybridized carbons (Fsp3) is 0.0833. The van der Waals surface area contributed by atoms with Crippen molar-refractivity contribution in [3.05, 3.63) is 47.8 Å². The Bertz CT molecular complexity index is 562. The molecule has 1 aromatic heterocycles. The molecule has 1 heterocycles.